The Morgan fingerprint density at radius 1 is 1.60 bits per heavy atom. The number of hydrogen-bond donors (Lipinski definition) is 2. The Hall–Kier alpha value is 0.227. The van der Waals surface area contributed by atoms with Crippen molar-refractivity contribution in [2.45, 2.75) is 19.0 Å². The van der Waals surface area contributed by atoms with E-state index in [-0.39, 0.29) is 0 Å². The van der Waals surface area contributed by atoms with Crippen LogP contribution in [0.5, 0.6) is 0 Å². The SMILES string of the molecule is C=CSCCC[Si](C)(O)O. The maximum atomic E-state index is 8.98. The fourth-order valence-corrected chi connectivity index (χ4v) is 2.15. The summed E-state index contributed by atoms with van der Waals surface area (Å²) in [7, 11) is -2.75. The monoisotopic (exact) mass is 178 g/mol. The van der Waals surface area contributed by atoms with Crippen molar-refractivity contribution in [1.29, 1.82) is 0 Å². The second-order valence-electron chi connectivity index (χ2n) is 2.36. The first kappa shape index (κ1) is 10.2. The van der Waals surface area contributed by atoms with Gasteiger partial charge in [0.05, 0.1) is 0 Å². The molecule has 0 aliphatic rings. The van der Waals surface area contributed by atoms with Crippen LogP contribution in [-0.4, -0.2) is 23.9 Å². The van der Waals surface area contributed by atoms with E-state index in [2.05, 4.69) is 6.58 Å². The first-order chi connectivity index (χ1) is 4.56. The zero-order valence-electron chi connectivity index (χ0n) is 6.21. The molecule has 0 heterocycles. The third-order valence-corrected chi connectivity index (χ3v) is 3.09. The number of rotatable bonds is 5. The molecule has 0 amide bonds. The molecule has 0 aromatic rings. The van der Waals surface area contributed by atoms with Crippen LogP contribution < -0.4 is 0 Å². The van der Waals surface area contributed by atoms with E-state index in [1.165, 1.54) is 6.55 Å². The van der Waals surface area contributed by atoms with Crippen molar-refractivity contribution in [3.63, 3.8) is 0 Å². The molecule has 0 spiro atoms. The quantitative estimate of drug-likeness (QED) is 0.492. The van der Waals surface area contributed by atoms with Crippen molar-refractivity contribution in [3.05, 3.63) is 12.0 Å². The Bertz CT molecular complexity index is 100. The smallest absolute Gasteiger partial charge is 0.329 e. The van der Waals surface area contributed by atoms with Gasteiger partial charge in [0.15, 0.2) is 0 Å². The Balaban J connectivity index is 3.12. The van der Waals surface area contributed by atoms with Gasteiger partial charge in [-0.05, 0) is 30.2 Å². The zero-order chi connectivity index (χ0) is 8.04. The predicted molar refractivity (Wildman–Crippen MR) is 48.1 cm³/mol. The predicted octanol–water partition coefficient (Wildman–Crippen LogP) is 1.31. The van der Waals surface area contributed by atoms with E-state index in [0.717, 1.165) is 12.2 Å². The lowest BCUT2D eigenvalue weighted by molar-refractivity contribution is 0.369. The van der Waals surface area contributed by atoms with Gasteiger partial charge < -0.3 is 9.59 Å². The summed E-state index contributed by atoms with van der Waals surface area (Å²) >= 11 is 1.61. The van der Waals surface area contributed by atoms with Gasteiger partial charge in [0.1, 0.15) is 0 Å². The fourth-order valence-electron chi connectivity index (χ4n) is 0.574. The second-order valence-corrected chi connectivity index (χ2v) is 6.37. The second kappa shape index (κ2) is 4.95. The molecule has 0 saturated carbocycles. The highest BCUT2D eigenvalue weighted by Crippen LogP contribution is 2.09. The summed E-state index contributed by atoms with van der Waals surface area (Å²) in [5, 5.41) is 1.77. The summed E-state index contributed by atoms with van der Waals surface area (Å²) in [4.78, 5) is 18.0. The highest BCUT2D eigenvalue weighted by molar-refractivity contribution is 8.02. The van der Waals surface area contributed by atoms with Gasteiger partial charge in [-0.15, -0.1) is 11.8 Å². The van der Waals surface area contributed by atoms with E-state index < -0.39 is 8.56 Å². The average Bonchev–Trinajstić information content (AvgIpc) is 1.78. The summed E-state index contributed by atoms with van der Waals surface area (Å²) in [5.74, 6) is 0.938. The number of hydrogen-bond acceptors (Lipinski definition) is 3. The average molecular weight is 178 g/mol. The van der Waals surface area contributed by atoms with Crippen LogP contribution in [-0.2, 0) is 0 Å². The van der Waals surface area contributed by atoms with Gasteiger partial charge in [0.2, 0.25) is 0 Å². The van der Waals surface area contributed by atoms with Crippen LogP contribution in [0.3, 0.4) is 0 Å². The van der Waals surface area contributed by atoms with Crippen molar-refractivity contribution in [2.75, 3.05) is 5.75 Å². The van der Waals surface area contributed by atoms with Gasteiger partial charge in [0, 0.05) is 0 Å². The molecular formula is C6H14O2SSi. The highest BCUT2D eigenvalue weighted by Gasteiger charge is 2.19. The summed E-state index contributed by atoms with van der Waals surface area (Å²) in [6.45, 7) is 5.08. The zero-order valence-corrected chi connectivity index (χ0v) is 8.02. The molecular weight excluding hydrogens is 164 g/mol. The summed E-state index contributed by atoms with van der Waals surface area (Å²) in [5.41, 5.74) is 0. The molecule has 0 unspecified atom stereocenters. The molecule has 0 aliphatic carbocycles. The van der Waals surface area contributed by atoms with E-state index in [1.807, 2.05) is 0 Å². The minimum absolute atomic E-state index is 0.563. The van der Waals surface area contributed by atoms with Gasteiger partial charge in [-0.2, -0.15) is 0 Å². The molecule has 0 rings (SSSR count). The van der Waals surface area contributed by atoms with Crippen LogP contribution >= 0.6 is 11.8 Å². The molecule has 60 valence electrons. The van der Waals surface area contributed by atoms with Crippen molar-refractivity contribution in [1.82, 2.24) is 0 Å². The Morgan fingerprint density at radius 2 is 2.20 bits per heavy atom. The van der Waals surface area contributed by atoms with E-state index in [9.17, 15) is 0 Å². The molecule has 10 heavy (non-hydrogen) atoms. The molecule has 0 aliphatic heterocycles. The fraction of sp³-hybridized carbons (Fsp3) is 0.667. The van der Waals surface area contributed by atoms with Crippen molar-refractivity contribution >= 4 is 20.3 Å². The summed E-state index contributed by atoms with van der Waals surface area (Å²) < 4.78 is 0. The Kier molecular flexibility index (Phi) is 5.07. The molecule has 4 heteroatoms. The first-order valence-electron chi connectivity index (χ1n) is 3.23. The lowest BCUT2D eigenvalue weighted by atomic mass is 10.6. The molecule has 0 aromatic carbocycles. The van der Waals surface area contributed by atoms with Crippen LogP contribution in [0.15, 0.2) is 12.0 Å². The van der Waals surface area contributed by atoms with Crippen molar-refractivity contribution in [2.24, 2.45) is 0 Å². The first-order valence-corrected chi connectivity index (χ1v) is 6.88. The van der Waals surface area contributed by atoms with Crippen LogP contribution in [0.25, 0.3) is 0 Å². The van der Waals surface area contributed by atoms with Gasteiger partial charge in [-0.1, -0.05) is 6.58 Å². The third-order valence-electron chi connectivity index (χ3n) is 1.03. The van der Waals surface area contributed by atoms with E-state index >= 15 is 0 Å². The molecule has 0 bridgehead atoms. The maximum Gasteiger partial charge on any atom is 0.329 e. The van der Waals surface area contributed by atoms with Gasteiger partial charge in [0.25, 0.3) is 0 Å². The van der Waals surface area contributed by atoms with Crippen LogP contribution in [0, 0.1) is 0 Å². The normalized spacial score (nSPS) is 11.5. The molecule has 0 radical (unpaired) electrons. The molecule has 2 nitrogen and oxygen atoms in total. The maximum absolute atomic E-state index is 8.98. The summed E-state index contributed by atoms with van der Waals surface area (Å²) in [6, 6.07) is 0.563. The highest BCUT2D eigenvalue weighted by atomic mass is 32.2. The minimum Gasteiger partial charge on any atom is -0.411 e. The largest absolute Gasteiger partial charge is 0.411 e. The van der Waals surface area contributed by atoms with Crippen molar-refractivity contribution in [3.8, 4) is 0 Å². The van der Waals surface area contributed by atoms with E-state index in [4.69, 9.17) is 9.59 Å². The molecule has 0 atom stereocenters. The van der Waals surface area contributed by atoms with Gasteiger partial charge in [-0.25, -0.2) is 0 Å². The van der Waals surface area contributed by atoms with Gasteiger partial charge in [-0.3, -0.25) is 0 Å². The van der Waals surface area contributed by atoms with E-state index in [1.54, 1.807) is 17.2 Å². The van der Waals surface area contributed by atoms with Crippen molar-refractivity contribution < 1.29 is 9.59 Å². The van der Waals surface area contributed by atoms with Gasteiger partial charge >= 0.3 is 8.56 Å². The van der Waals surface area contributed by atoms with Crippen LogP contribution in [0.2, 0.25) is 12.6 Å². The molecule has 0 fully saturated rings. The lowest BCUT2D eigenvalue weighted by Gasteiger charge is -2.09. The van der Waals surface area contributed by atoms with Crippen LogP contribution in [0.4, 0.5) is 0 Å². The topological polar surface area (TPSA) is 40.5 Å². The minimum atomic E-state index is -2.75. The summed E-state index contributed by atoms with van der Waals surface area (Å²) in [6.07, 6.45) is 0.867. The third kappa shape index (κ3) is 8.23. The Morgan fingerprint density at radius 3 is 2.60 bits per heavy atom. The molecule has 0 aromatic heterocycles. The molecule has 2 N–H and O–H groups in total. The number of thioether (sulfide) groups is 1. The molecule has 0 saturated heterocycles. The Labute approximate surface area is 67.2 Å². The standard InChI is InChI=1S/C6H14O2SSi/c1-3-9-5-4-6-10(2,7)8/h3,7-8H,1,4-6H2,2H3. The van der Waals surface area contributed by atoms with Crippen LogP contribution in [0.1, 0.15) is 6.42 Å². The van der Waals surface area contributed by atoms with E-state index in [0.29, 0.717) is 6.04 Å². The lowest BCUT2D eigenvalue weighted by Crippen LogP contribution is -2.29.